The number of hydrogen-bond donors (Lipinski definition) is 0. The van der Waals surface area contributed by atoms with Crippen molar-refractivity contribution < 1.29 is 36.3 Å². The van der Waals surface area contributed by atoms with E-state index in [9.17, 15) is 9.13 Å². The smallest absolute Gasteiger partial charge is 0.395 e. The molecule has 0 aliphatic heterocycles. The minimum absolute atomic E-state index is 0.290. The summed E-state index contributed by atoms with van der Waals surface area (Å²) in [6.07, 6.45) is 10.3. The van der Waals surface area contributed by atoms with Crippen LogP contribution >= 0.6 is 15.6 Å². The summed E-state index contributed by atoms with van der Waals surface area (Å²) >= 11 is 0. The molecule has 0 spiro atoms. The van der Waals surface area contributed by atoms with Crippen LogP contribution in [0.15, 0.2) is 121 Å². The monoisotopic (exact) mass is 666 g/mol. The van der Waals surface area contributed by atoms with E-state index < -0.39 is 15.6 Å². The normalized spacial score (nSPS) is 11.6. The number of phosphoric ester groups is 2. The highest BCUT2D eigenvalue weighted by Gasteiger charge is 2.31. The summed E-state index contributed by atoms with van der Waals surface area (Å²) in [7, 11) is -7.65. The van der Waals surface area contributed by atoms with Crippen LogP contribution in [-0.2, 0) is 18.2 Å². The molecule has 0 unspecified atom stereocenters. The van der Waals surface area contributed by atoms with Crippen molar-refractivity contribution >= 4 is 15.6 Å². The SMILES string of the molecule is O=P(OCCCCCCCCCCCCOP(=O)(Oc1ccccc1)Oc1ccccc1)(Oc1ccccc1)Oc1ccccc1. The van der Waals surface area contributed by atoms with Crippen molar-refractivity contribution in [3.8, 4) is 23.0 Å². The van der Waals surface area contributed by atoms with Gasteiger partial charge in [-0.3, -0.25) is 9.05 Å². The van der Waals surface area contributed by atoms with Crippen molar-refractivity contribution in [1.29, 1.82) is 0 Å². The first-order valence-electron chi connectivity index (χ1n) is 16.0. The second kappa shape index (κ2) is 19.9. The zero-order chi connectivity index (χ0) is 32.2. The van der Waals surface area contributed by atoms with Gasteiger partial charge in [0, 0.05) is 0 Å². The summed E-state index contributed by atoms with van der Waals surface area (Å²) in [6.45, 7) is 0.581. The van der Waals surface area contributed by atoms with E-state index in [4.69, 9.17) is 27.1 Å². The van der Waals surface area contributed by atoms with Gasteiger partial charge in [-0.1, -0.05) is 124 Å². The molecule has 8 nitrogen and oxygen atoms in total. The highest BCUT2D eigenvalue weighted by molar-refractivity contribution is 7.49. The molecule has 4 rings (SSSR count). The zero-order valence-electron chi connectivity index (χ0n) is 26.2. The van der Waals surface area contributed by atoms with Gasteiger partial charge in [0.15, 0.2) is 0 Å². The Labute approximate surface area is 273 Å². The van der Waals surface area contributed by atoms with E-state index in [1.165, 1.54) is 0 Å². The summed E-state index contributed by atoms with van der Waals surface area (Å²) in [5, 5.41) is 0. The molecule has 0 amide bonds. The van der Waals surface area contributed by atoms with E-state index in [1.807, 2.05) is 72.8 Å². The lowest BCUT2D eigenvalue weighted by Crippen LogP contribution is -2.06. The predicted molar refractivity (Wildman–Crippen MR) is 182 cm³/mol. The fourth-order valence-electron chi connectivity index (χ4n) is 4.56. The fraction of sp³-hybridized carbons (Fsp3) is 0.333. The Balaban J connectivity index is 1.05. The third-order valence-corrected chi connectivity index (χ3v) is 9.61. The Bertz CT molecular complexity index is 1250. The second-order valence-corrected chi connectivity index (χ2v) is 13.7. The maximum absolute atomic E-state index is 13.4. The van der Waals surface area contributed by atoms with Gasteiger partial charge in [0.1, 0.15) is 23.0 Å². The van der Waals surface area contributed by atoms with E-state index in [-0.39, 0.29) is 0 Å². The van der Waals surface area contributed by atoms with Crippen molar-refractivity contribution in [3.63, 3.8) is 0 Å². The molecule has 10 heteroatoms. The molecule has 0 saturated heterocycles. The molecule has 46 heavy (non-hydrogen) atoms. The molecule has 246 valence electrons. The number of unbranched alkanes of at least 4 members (excludes halogenated alkanes) is 9. The van der Waals surface area contributed by atoms with Crippen LogP contribution in [0.3, 0.4) is 0 Å². The first kappa shape index (κ1) is 35.3. The van der Waals surface area contributed by atoms with E-state index in [0.29, 0.717) is 36.2 Å². The van der Waals surface area contributed by atoms with E-state index in [1.54, 1.807) is 48.5 Å². The molecule has 4 aromatic carbocycles. The third kappa shape index (κ3) is 13.8. The molecule has 0 atom stereocenters. The summed E-state index contributed by atoms with van der Waals surface area (Å²) in [6, 6.07) is 35.7. The minimum Gasteiger partial charge on any atom is -0.395 e. The van der Waals surface area contributed by atoms with Gasteiger partial charge in [0.2, 0.25) is 0 Å². The molecule has 0 N–H and O–H groups in total. The zero-order valence-corrected chi connectivity index (χ0v) is 28.0. The standard InChI is InChI=1S/C36H44O8P2/c37-45(41-33-23-13-9-14-24-33,42-34-25-15-10-16-26-34)39-31-21-7-5-3-1-2-4-6-8-22-32-40-46(38,43-35-27-17-11-18-28-35)44-36-29-19-12-20-30-36/h9-20,23-30H,1-8,21-22,31-32H2. The Morgan fingerprint density at radius 2 is 0.543 bits per heavy atom. The quantitative estimate of drug-likeness (QED) is 0.0571. The van der Waals surface area contributed by atoms with Crippen molar-refractivity contribution in [1.82, 2.24) is 0 Å². The number of hydrogen-bond acceptors (Lipinski definition) is 8. The summed E-state index contributed by atoms with van der Waals surface area (Å²) in [4.78, 5) is 0. The van der Waals surface area contributed by atoms with Crippen molar-refractivity contribution in [2.45, 2.75) is 64.2 Å². The minimum atomic E-state index is -3.83. The molecule has 0 bridgehead atoms. The molecule has 0 fully saturated rings. The second-order valence-electron chi connectivity index (χ2n) is 10.7. The first-order valence-corrected chi connectivity index (χ1v) is 18.9. The van der Waals surface area contributed by atoms with Crippen molar-refractivity contribution in [2.75, 3.05) is 13.2 Å². The van der Waals surface area contributed by atoms with Gasteiger partial charge in [-0.2, -0.15) is 0 Å². The summed E-state index contributed by atoms with van der Waals surface area (Å²) < 4.78 is 60.7. The van der Waals surface area contributed by atoms with Crippen LogP contribution in [0.4, 0.5) is 0 Å². The number of para-hydroxylation sites is 4. The van der Waals surface area contributed by atoms with Crippen LogP contribution in [0.5, 0.6) is 23.0 Å². The molecule has 0 aliphatic rings. The van der Waals surface area contributed by atoms with Crippen LogP contribution in [0, 0.1) is 0 Å². The van der Waals surface area contributed by atoms with E-state index in [0.717, 1.165) is 64.2 Å². The van der Waals surface area contributed by atoms with Gasteiger partial charge in [0.25, 0.3) is 0 Å². The maximum Gasteiger partial charge on any atom is 0.587 e. The molecular formula is C36H44O8P2. The van der Waals surface area contributed by atoms with Gasteiger partial charge in [0.05, 0.1) is 13.2 Å². The summed E-state index contributed by atoms with van der Waals surface area (Å²) in [5.74, 6) is 1.73. The first-order chi connectivity index (χ1) is 22.5. The molecule has 0 aliphatic carbocycles. The Morgan fingerprint density at radius 1 is 0.326 bits per heavy atom. The Morgan fingerprint density at radius 3 is 0.783 bits per heavy atom. The lowest BCUT2D eigenvalue weighted by Gasteiger charge is -2.19. The van der Waals surface area contributed by atoms with Gasteiger partial charge < -0.3 is 18.1 Å². The number of rotatable bonds is 23. The molecule has 0 saturated carbocycles. The molecule has 0 radical (unpaired) electrons. The van der Waals surface area contributed by atoms with Crippen LogP contribution in [0.25, 0.3) is 0 Å². The predicted octanol–water partition coefficient (Wildman–Crippen LogP) is 11.5. The van der Waals surface area contributed by atoms with Crippen LogP contribution in [0.2, 0.25) is 0 Å². The molecule has 0 heterocycles. The molecule has 0 aromatic heterocycles. The maximum atomic E-state index is 13.4. The lowest BCUT2D eigenvalue weighted by atomic mass is 10.1. The van der Waals surface area contributed by atoms with Gasteiger partial charge in [-0.15, -0.1) is 0 Å². The fourth-order valence-corrected chi connectivity index (χ4v) is 7.07. The van der Waals surface area contributed by atoms with Gasteiger partial charge >= 0.3 is 15.6 Å². The topological polar surface area (TPSA) is 89.5 Å². The summed E-state index contributed by atoms with van der Waals surface area (Å²) in [5.41, 5.74) is 0. The Kier molecular flexibility index (Phi) is 15.2. The average molecular weight is 667 g/mol. The lowest BCUT2D eigenvalue weighted by molar-refractivity contribution is 0.203. The van der Waals surface area contributed by atoms with Gasteiger partial charge in [-0.25, -0.2) is 9.13 Å². The van der Waals surface area contributed by atoms with Crippen LogP contribution < -0.4 is 18.1 Å². The third-order valence-electron chi connectivity index (χ3n) is 6.88. The van der Waals surface area contributed by atoms with Crippen LogP contribution in [0.1, 0.15) is 64.2 Å². The average Bonchev–Trinajstić information content (AvgIpc) is 3.06. The highest BCUT2D eigenvalue weighted by Crippen LogP contribution is 2.50. The molecule has 4 aromatic rings. The highest BCUT2D eigenvalue weighted by atomic mass is 31.2. The van der Waals surface area contributed by atoms with Crippen LogP contribution in [-0.4, -0.2) is 13.2 Å². The molecular weight excluding hydrogens is 622 g/mol. The van der Waals surface area contributed by atoms with Crippen molar-refractivity contribution in [3.05, 3.63) is 121 Å². The number of benzene rings is 4. The van der Waals surface area contributed by atoms with E-state index in [2.05, 4.69) is 0 Å². The number of phosphoric acid groups is 2. The van der Waals surface area contributed by atoms with Gasteiger partial charge in [-0.05, 0) is 61.4 Å². The van der Waals surface area contributed by atoms with E-state index >= 15 is 0 Å². The largest absolute Gasteiger partial charge is 0.587 e. The Hall–Kier alpha value is -3.54. The van der Waals surface area contributed by atoms with Crippen molar-refractivity contribution in [2.24, 2.45) is 0 Å².